The quantitative estimate of drug-likeness (QED) is 0.682. The van der Waals surface area contributed by atoms with Crippen LogP contribution >= 0.6 is 0 Å². The van der Waals surface area contributed by atoms with Crippen LogP contribution in [0.15, 0.2) is 0 Å². The Kier molecular flexibility index (Phi) is 2.42. The molecule has 0 saturated heterocycles. The fraction of sp³-hybridized carbons (Fsp3) is 1.00. The van der Waals surface area contributed by atoms with E-state index >= 15 is 0 Å². The van der Waals surface area contributed by atoms with E-state index in [1.54, 1.807) is 0 Å². The minimum Gasteiger partial charge on any atom is -0.330 e. The van der Waals surface area contributed by atoms with Gasteiger partial charge in [0.25, 0.3) is 0 Å². The molecule has 2 atom stereocenters. The molecule has 0 heterocycles. The van der Waals surface area contributed by atoms with Gasteiger partial charge in [-0.05, 0) is 31.2 Å². The van der Waals surface area contributed by atoms with E-state index in [1.807, 2.05) is 0 Å². The highest BCUT2D eigenvalue weighted by Gasteiger charge is 2.38. The van der Waals surface area contributed by atoms with E-state index in [-0.39, 0.29) is 12.3 Å². The minimum atomic E-state index is -3.98. The summed E-state index contributed by atoms with van der Waals surface area (Å²) in [6.45, 7) is 0.544. The zero-order valence-corrected chi connectivity index (χ0v) is 6.19. The van der Waals surface area contributed by atoms with Crippen molar-refractivity contribution in [2.75, 3.05) is 6.54 Å². The van der Waals surface area contributed by atoms with Crippen LogP contribution in [0.1, 0.15) is 19.3 Å². The second kappa shape index (κ2) is 3.01. The van der Waals surface area contributed by atoms with Gasteiger partial charge in [0.15, 0.2) is 0 Å². The molecule has 0 bridgehead atoms. The molecule has 0 spiro atoms. The van der Waals surface area contributed by atoms with Gasteiger partial charge in [-0.25, -0.2) is 0 Å². The van der Waals surface area contributed by atoms with Crippen LogP contribution in [0.4, 0.5) is 13.2 Å². The average molecular weight is 167 g/mol. The van der Waals surface area contributed by atoms with Gasteiger partial charge in [-0.3, -0.25) is 0 Å². The van der Waals surface area contributed by atoms with Gasteiger partial charge in [0.1, 0.15) is 0 Å². The molecule has 0 unspecified atom stereocenters. The Bertz CT molecular complexity index is 132. The largest absolute Gasteiger partial charge is 0.389 e. The van der Waals surface area contributed by atoms with Crippen LogP contribution in [0.25, 0.3) is 0 Å². The fourth-order valence-corrected chi connectivity index (χ4v) is 1.30. The Balaban J connectivity index is 2.06. The number of halogens is 3. The maximum atomic E-state index is 11.6. The summed E-state index contributed by atoms with van der Waals surface area (Å²) in [7, 11) is 0. The molecule has 0 aliphatic heterocycles. The molecule has 11 heavy (non-hydrogen) atoms. The van der Waals surface area contributed by atoms with Gasteiger partial charge in [-0.15, -0.1) is 0 Å². The number of alkyl halides is 3. The van der Waals surface area contributed by atoms with Gasteiger partial charge >= 0.3 is 6.18 Å². The third-order valence-electron chi connectivity index (χ3n) is 2.17. The predicted octanol–water partition coefficient (Wildman–Crippen LogP) is 1.92. The molecule has 1 aliphatic rings. The first-order valence-electron chi connectivity index (χ1n) is 3.80. The van der Waals surface area contributed by atoms with Crippen molar-refractivity contribution in [1.82, 2.24) is 0 Å². The summed E-state index contributed by atoms with van der Waals surface area (Å²) in [6.07, 6.45) is -3.46. The van der Waals surface area contributed by atoms with Gasteiger partial charge in [0.05, 0.1) is 0 Å². The van der Waals surface area contributed by atoms with Gasteiger partial charge in [0, 0.05) is 6.42 Å². The molecule has 0 aromatic heterocycles. The van der Waals surface area contributed by atoms with Gasteiger partial charge in [-0.2, -0.15) is 13.2 Å². The standard InChI is InChI=1S/C7H12F3N/c8-7(9,10)2-1-5-3-6(5)4-11/h5-6H,1-4,11H2/t5-,6+/m1/s1. The topological polar surface area (TPSA) is 26.0 Å². The summed E-state index contributed by atoms with van der Waals surface area (Å²) in [6, 6.07) is 0. The third-order valence-corrected chi connectivity index (χ3v) is 2.17. The normalized spacial score (nSPS) is 30.5. The smallest absolute Gasteiger partial charge is 0.330 e. The van der Waals surface area contributed by atoms with Crippen molar-refractivity contribution in [1.29, 1.82) is 0 Å². The average Bonchev–Trinajstić information content (AvgIpc) is 2.60. The summed E-state index contributed by atoms with van der Waals surface area (Å²) in [4.78, 5) is 0. The third kappa shape index (κ3) is 3.10. The van der Waals surface area contributed by atoms with Crippen molar-refractivity contribution in [3.05, 3.63) is 0 Å². The molecule has 2 N–H and O–H groups in total. The molecule has 1 saturated carbocycles. The highest BCUT2D eigenvalue weighted by molar-refractivity contribution is 4.86. The van der Waals surface area contributed by atoms with Crippen molar-refractivity contribution in [3.8, 4) is 0 Å². The highest BCUT2D eigenvalue weighted by Crippen LogP contribution is 2.42. The van der Waals surface area contributed by atoms with Gasteiger partial charge < -0.3 is 5.73 Å². The maximum absolute atomic E-state index is 11.6. The number of hydrogen-bond donors (Lipinski definition) is 1. The van der Waals surface area contributed by atoms with E-state index in [9.17, 15) is 13.2 Å². The van der Waals surface area contributed by atoms with E-state index in [2.05, 4.69) is 0 Å². The highest BCUT2D eigenvalue weighted by atomic mass is 19.4. The monoisotopic (exact) mass is 167 g/mol. The van der Waals surface area contributed by atoms with Crippen LogP contribution in [-0.2, 0) is 0 Å². The number of rotatable bonds is 3. The Labute approximate surface area is 63.8 Å². The van der Waals surface area contributed by atoms with Crippen LogP contribution in [0.5, 0.6) is 0 Å². The summed E-state index contributed by atoms with van der Waals surface area (Å²) < 4.78 is 34.9. The lowest BCUT2D eigenvalue weighted by molar-refractivity contribution is -0.136. The van der Waals surface area contributed by atoms with Crippen LogP contribution in [-0.4, -0.2) is 12.7 Å². The molecule has 1 rings (SSSR count). The summed E-state index contributed by atoms with van der Waals surface area (Å²) in [5.74, 6) is 0.624. The second-order valence-corrected chi connectivity index (χ2v) is 3.15. The summed E-state index contributed by atoms with van der Waals surface area (Å²) in [5, 5.41) is 0. The zero-order chi connectivity index (χ0) is 8.48. The molecule has 1 nitrogen and oxygen atoms in total. The van der Waals surface area contributed by atoms with Crippen molar-refractivity contribution in [2.24, 2.45) is 17.6 Å². The number of nitrogens with two attached hydrogens (primary N) is 1. The van der Waals surface area contributed by atoms with Crippen LogP contribution in [0.3, 0.4) is 0 Å². The lowest BCUT2D eigenvalue weighted by Crippen LogP contribution is -2.08. The van der Waals surface area contributed by atoms with E-state index in [1.165, 1.54) is 0 Å². The first kappa shape index (κ1) is 8.84. The summed E-state index contributed by atoms with van der Waals surface area (Å²) >= 11 is 0. The Morgan fingerprint density at radius 1 is 1.27 bits per heavy atom. The molecular formula is C7H12F3N. The lowest BCUT2D eigenvalue weighted by atomic mass is 10.2. The lowest BCUT2D eigenvalue weighted by Gasteiger charge is -2.04. The van der Waals surface area contributed by atoms with E-state index in [4.69, 9.17) is 5.73 Å². The SMILES string of the molecule is NC[C@@H]1C[C@H]1CCC(F)(F)F. The molecular weight excluding hydrogens is 155 g/mol. The predicted molar refractivity (Wildman–Crippen MR) is 35.9 cm³/mol. The second-order valence-electron chi connectivity index (χ2n) is 3.15. The zero-order valence-electron chi connectivity index (χ0n) is 6.19. The maximum Gasteiger partial charge on any atom is 0.389 e. The molecule has 0 aromatic carbocycles. The van der Waals surface area contributed by atoms with Crippen LogP contribution in [0, 0.1) is 11.8 Å². The fourth-order valence-electron chi connectivity index (χ4n) is 1.30. The van der Waals surface area contributed by atoms with Crippen LogP contribution in [0.2, 0.25) is 0 Å². The van der Waals surface area contributed by atoms with Crippen molar-refractivity contribution < 1.29 is 13.2 Å². The molecule has 4 heteroatoms. The Morgan fingerprint density at radius 2 is 1.91 bits per heavy atom. The van der Waals surface area contributed by atoms with Crippen molar-refractivity contribution in [3.63, 3.8) is 0 Å². The molecule has 1 aliphatic carbocycles. The molecule has 1 fully saturated rings. The molecule has 0 radical (unpaired) electrons. The van der Waals surface area contributed by atoms with E-state index < -0.39 is 12.6 Å². The Morgan fingerprint density at radius 3 is 2.27 bits per heavy atom. The van der Waals surface area contributed by atoms with E-state index in [0.29, 0.717) is 12.5 Å². The first-order valence-corrected chi connectivity index (χ1v) is 3.80. The van der Waals surface area contributed by atoms with Crippen molar-refractivity contribution >= 4 is 0 Å². The van der Waals surface area contributed by atoms with Crippen molar-refractivity contribution in [2.45, 2.75) is 25.4 Å². The van der Waals surface area contributed by atoms with Gasteiger partial charge in [-0.1, -0.05) is 0 Å². The Hall–Kier alpha value is -0.250. The van der Waals surface area contributed by atoms with Gasteiger partial charge in [0.2, 0.25) is 0 Å². The first-order chi connectivity index (χ1) is 5.03. The minimum absolute atomic E-state index is 0.252. The molecule has 0 amide bonds. The van der Waals surface area contributed by atoms with Crippen LogP contribution < -0.4 is 5.73 Å². The van der Waals surface area contributed by atoms with E-state index in [0.717, 1.165) is 6.42 Å². The molecule has 66 valence electrons. The summed E-state index contributed by atoms with van der Waals surface area (Å²) in [5.41, 5.74) is 5.28. The molecule has 0 aromatic rings. The number of hydrogen-bond acceptors (Lipinski definition) is 1.